The topological polar surface area (TPSA) is 52.5 Å². The highest BCUT2D eigenvalue weighted by Crippen LogP contribution is 2.25. The van der Waals surface area contributed by atoms with Crippen LogP contribution in [0.2, 0.25) is 0 Å². The maximum absolute atomic E-state index is 9.45. The van der Waals surface area contributed by atoms with E-state index in [2.05, 4.69) is 25.2 Å². The lowest BCUT2D eigenvalue weighted by Crippen LogP contribution is -2.32. The van der Waals surface area contributed by atoms with Gasteiger partial charge in [0.25, 0.3) is 0 Å². The highest BCUT2D eigenvalue weighted by molar-refractivity contribution is 6.58. The van der Waals surface area contributed by atoms with E-state index in [0.717, 1.165) is 32.4 Å². The van der Waals surface area contributed by atoms with Crippen molar-refractivity contribution in [2.24, 2.45) is 5.92 Å². The Kier molecular flexibility index (Phi) is 5.02. The number of nitrogens with one attached hydrogen (secondary N) is 1. The van der Waals surface area contributed by atoms with Gasteiger partial charge in [-0.15, -0.1) is 0 Å². The summed E-state index contributed by atoms with van der Waals surface area (Å²) in [6.45, 7) is 6.48. The van der Waals surface area contributed by atoms with Crippen LogP contribution in [0.25, 0.3) is 0 Å². The molecule has 1 aromatic rings. The average molecular weight is 261 g/mol. The smallest absolute Gasteiger partial charge is 0.423 e. The summed E-state index contributed by atoms with van der Waals surface area (Å²) in [5, 5.41) is 22.3. The Morgan fingerprint density at radius 2 is 1.89 bits per heavy atom. The number of piperidine rings is 1. The van der Waals surface area contributed by atoms with Crippen LogP contribution in [0.4, 0.5) is 0 Å². The first kappa shape index (κ1) is 14.6. The molecule has 1 heterocycles. The van der Waals surface area contributed by atoms with E-state index in [0.29, 0.717) is 17.3 Å². The average Bonchev–Trinajstić information content (AvgIpc) is 2.38. The molecule has 0 aromatic heterocycles. The van der Waals surface area contributed by atoms with Gasteiger partial charge in [-0.05, 0) is 60.8 Å². The summed E-state index contributed by atoms with van der Waals surface area (Å²) in [6.07, 6.45) is 3.25. The fourth-order valence-electron chi connectivity index (χ4n) is 2.87. The largest absolute Gasteiger partial charge is 0.488 e. The van der Waals surface area contributed by atoms with Crippen molar-refractivity contribution in [2.45, 2.75) is 39.0 Å². The molecule has 2 rings (SSSR count). The lowest BCUT2D eigenvalue weighted by Gasteiger charge is -2.24. The number of hydrogen-bond donors (Lipinski definition) is 3. The van der Waals surface area contributed by atoms with Crippen molar-refractivity contribution in [3.05, 3.63) is 29.3 Å². The summed E-state index contributed by atoms with van der Waals surface area (Å²) in [4.78, 5) is 0. The van der Waals surface area contributed by atoms with Crippen molar-refractivity contribution in [1.82, 2.24) is 5.32 Å². The molecule has 0 spiro atoms. The van der Waals surface area contributed by atoms with Gasteiger partial charge >= 0.3 is 7.12 Å². The Hall–Kier alpha value is -0.835. The quantitative estimate of drug-likeness (QED) is 0.710. The second kappa shape index (κ2) is 6.55. The molecule has 104 valence electrons. The second-order valence-electron chi connectivity index (χ2n) is 6.00. The fraction of sp³-hybridized carbons (Fsp3) is 0.600. The highest BCUT2D eigenvalue weighted by Gasteiger charge is 2.19. The fourth-order valence-corrected chi connectivity index (χ4v) is 2.87. The number of rotatable bonds is 4. The SMILES string of the molecule is CC(C)Cc1cc(B(O)O)cc(C2CCNCC2)c1. The van der Waals surface area contributed by atoms with E-state index in [4.69, 9.17) is 0 Å². The van der Waals surface area contributed by atoms with Crippen LogP contribution in [0.1, 0.15) is 43.7 Å². The van der Waals surface area contributed by atoms with Gasteiger partial charge in [-0.3, -0.25) is 0 Å². The molecule has 1 aliphatic heterocycles. The zero-order valence-electron chi connectivity index (χ0n) is 11.9. The standard InChI is InChI=1S/C15H24BNO2/c1-11(2)7-12-8-14(10-15(9-12)16(18)19)13-3-5-17-6-4-13/h8-11,13,17-19H,3-7H2,1-2H3. The summed E-state index contributed by atoms with van der Waals surface area (Å²) < 4.78 is 0. The first-order chi connectivity index (χ1) is 9.06. The van der Waals surface area contributed by atoms with Crippen LogP contribution in [0.15, 0.2) is 18.2 Å². The lowest BCUT2D eigenvalue weighted by molar-refractivity contribution is 0.425. The van der Waals surface area contributed by atoms with Gasteiger partial charge in [0.15, 0.2) is 0 Å². The number of hydrogen-bond acceptors (Lipinski definition) is 3. The third-order valence-electron chi connectivity index (χ3n) is 3.79. The minimum atomic E-state index is -1.37. The van der Waals surface area contributed by atoms with Crippen molar-refractivity contribution >= 4 is 12.6 Å². The van der Waals surface area contributed by atoms with E-state index in [9.17, 15) is 10.0 Å². The minimum absolute atomic E-state index is 0.547. The van der Waals surface area contributed by atoms with Gasteiger partial charge in [0.2, 0.25) is 0 Å². The summed E-state index contributed by atoms with van der Waals surface area (Å²) in [5.74, 6) is 1.12. The normalized spacial score (nSPS) is 16.9. The van der Waals surface area contributed by atoms with Crippen LogP contribution in [0.5, 0.6) is 0 Å². The third-order valence-corrected chi connectivity index (χ3v) is 3.79. The molecule has 1 fully saturated rings. The van der Waals surface area contributed by atoms with Crippen LogP contribution < -0.4 is 10.8 Å². The molecule has 0 bridgehead atoms. The molecule has 0 radical (unpaired) electrons. The van der Waals surface area contributed by atoms with E-state index in [1.807, 2.05) is 12.1 Å². The van der Waals surface area contributed by atoms with Gasteiger partial charge in [-0.1, -0.05) is 32.0 Å². The molecular formula is C15H24BNO2. The van der Waals surface area contributed by atoms with E-state index in [-0.39, 0.29) is 0 Å². The van der Waals surface area contributed by atoms with Gasteiger partial charge in [0.1, 0.15) is 0 Å². The second-order valence-corrected chi connectivity index (χ2v) is 6.00. The van der Waals surface area contributed by atoms with Gasteiger partial charge in [0, 0.05) is 0 Å². The predicted molar refractivity (Wildman–Crippen MR) is 79.7 cm³/mol. The molecule has 0 amide bonds. The summed E-state index contributed by atoms with van der Waals surface area (Å²) >= 11 is 0. The molecule has 19 heavy (non-hydrogen) atoms. The van der Waals surface area contributed by atoms with Crippen molar-refractivity contribution in [1.29, 1.82) is 0 Å². The van der Waals surface area contributed by atoms with Crippen molar-refractivity contribution in [3.8, 4) is 0 Å². The molecule has 4 heteroatoms. The molecule has 1 aliphatic rings. The Morgan fingerprint density at radius 3 is 2.47 bits per heavy atom. The van der Waals surface area contributed by atoms with E-state index in [1.54, 1.807) is 0 Å². The molecule has 0 aliphatic carbocycles. The molecule has 3 N–H and O–H groups in total. The molecule has 3 nitrogen and oxygen atoms in total. The van der Waals surface area contributed by atoms with Gasteiger partial charge in [0.05, 0.1) is 0 Å². The third kappa shape index (κ3) is 4.06. The van der Waals surface area contributed by atoms with E-state index in [1.165, 1.54) is 11.1 Å². The molecule has 0 saturated carbocycles. The summed E-state index contributed by atoms with van der Waals surface area (Å²) in [5.41, 5.74) is 3.11. The highest BCUT2D eigenvalue weighted by atomic mass is 16.4. The van der Waals surface area contributed by atoms with Crippen LogP contribution in [0, 0.1) is 5.92 Å². The summed E-state index contributed by atoms with van der Waals surface area (Å²) in [7, 11) is -1.37. The summed E-state index contributed by atoms with van der Waals surface area (Å²) in [6, 6.07) is 6.14. The lowest BCUT2D eigenvalue weighted by atomic mass is 9.76. The molecule has 1 saturated heterocycles. The first-order valence-corrected chi connectivity index (χ1v) is 7.27. The van der Waals surface area contributed by atoms with Crippen LogP contribution in [-0.2, 0) is 6.42 Å². The Morgan fingerprint density at radius 1 is 1.21 bits per heavy atom. The van der Waals surface area contributed by atoms with E-state index < -0.39 is 7.12 Å². The molecule has 1 aromatic carbocycles. The molecular weight excluding hydrogens is 237 g/mol. The van der Waals surface area contributed by atoms with Crippen molar-refractivity contribution in [3.63, 3.8) is 0 Å². The maximum Gasteiger partial charge on any atom is 0.488 e. The Labute approximate surface area is 116 Å². The maximum atomic E-state index is 9.45. The molecule has 0 unspecified atom stereocenters. The Balaban J connectivity index is 2.27. The van der Waals surface area contributed by atoms with Gasteiger partial charge in [-0.2, -0.15) is 0 Å². The molecule has 0 atom stereocenters. The van der Waals surface area contributed by atoms with Crippen LogP contribution >= 0.6 is 0 Å². The van der Waals surface area contributed by atoms with Crippen LogP contribution in [0.3, 0.4) is 0 Å². The van der Waals surface area contributed by atoms with Crippen molar-refractivity contribution < 1.29 is 10.0 Å². The zero-order chi connectivity index (χ0) is 13.8. The van der Waals surface area contributed by atoms with Crippen molar-refractivity contribution in [2.75, 3.05) is 13.1 Å². The van der Waals surface area contributed by atoms with Gasteiger partial charge < -0.3 is 15.4 Å². The van der Waals surface area contributed by atoms with Gasteiger partial charge in [-0.25, -0.2) is 0 Å². The van der Waals surface area contributed by atoms with E-state index >= 15 is 0 Å². The van der Waals surface area contributed by atoms with Crippen LogP contribution in [-0.4, -0.2) is 30.3 Å². The number of benzene rings is 1. The first-order valence-electron chi connectivity index (χ1n) is 7.27. The monoisotopic (exact) mass is 261 g/mol. The predicted octanol–water partition coefficient (Wildman–Crippen LogP) is 1.03. The Bertz CT molecular complexity index is 415. The zero-order valence-corrected chi connectivity index (χ0v) is 11.9. The minimum Gasteiger partial charge on any atom is -0.423 e.